The summed E-state index contributed by atoms with van der Waals surface area (Å²) in [5, 5.41) is 0. The molecule has 6 heteroatoms. The van der Waals surface area contributed by atoms with Gasteiger partial charge in [-0.05, 0) is 41.8 Å². The van der Waals surface area contributed by atoms with E-state index < -0.39 is 0 Å². The summed E-state index contributed by atoms with van der Waals surface area (Å²) in [5.74, 6) is 2.82. The highest BCUT2D eigenvalue weighted by Gasteiger charge is 2.20. The first-order valence-electron chi connectivity index (χ1n) is 8.68. The van der Waals surface area contributed by atoms with E-state index in [1.165, 1.54) is 0 Å². The summed E-state index contributed by atoms with van der Waals surface area (Å²) in [6.45, 7) is 7.15. The smallest absolute Gasteiger partial charge is 0.162 e. The van der Waals surface area contributed by atoms with Crippen LogP contribution in [0, 0.1) is 0 Å². The molecule has 2 N–H and O–H groups in total. The molecule has 0 saturated carbocycles. The van der Waals surface area contributed by atoms with Crippen molar-refractivity contribution >= 4 is 17.2 Å². The zero-order valence-corrected chi connectivity index (χ0v) is 17.3. The van der Waals surface area contributed by atoms with Gasteiger partial charge in [0.15, 0.2) is 11.5 Å². The molecular formula is C21H27NO4S. The third kappa shape index (κ3) is 5.50. The molecule has 2 aromatic rings. The Morgan fingerprint density at radius 3 is 2.07 bits per heavy atom. The Kier molecular flexibility index (Phi) is 6.91. The predicted octanol–water partition coefficient (Wildman–Crippen LogP) is 4.09. The third-order valence-corrected chi connectivity index (χ3v) is 4.28. The Labute approximate surface area is 166 Å². The van der Waals surface area contributed by atoms with E-state index in [2.05, 4.69) is 20.8 Å². The minimum Gasteiger partial charge on any atom is -0.497 e. The molecule has 0 bridgehead atoms. The molecule has 27 heavy (non-hydrogen) atoms. The molecule has 5 nitrogen and oxygen atoms in total. The van der Waals surface area contributed by atoms with E-state index in [1.54, 1.807) is 32.4 Å². The van der Waals surface area contributed by atoms with Crippen LogP contribution in [0.4, 0.5) is 0 Å². The zero-order chi connectivity index (χ0) is 20.0. The van der Waals surface area contributed by atoms with Crippen molar-refractivity contribution in [3.63, 3.8) is 0 Å². The molecule has 0 amide bonds. The lowest BCUT2D eigenvalue weighted by Gasteiger charge is -2.23. The Morgan fingerprint density at radius 2 is 1.52 bits per heavy atom. The minimum atomic E-state index is -0.0703. The summed E-state index contributed by atoms with van der Waals surface area (Å²) >= 11 is 5.02. The van der Waals surface area contributed by atoms with E-state index in [1.807, 2.05) is 18.2 Å². The lowest BCUT2D eigenvalue weighted by Crippen LogP contribution is -2.16. The molecule has 0 aromatic heterocycles. The highest BCUT2D eigenvalue weighted by atomic mass is 32.1. The molecule has 0 saturated heterocycles. The van der Waals surface area contributed by atoms with Gasteiger partial charge in [0.05, 0.1) is 14.2 Å². The van der Waals surface area contributed by atoms with Crippen molar-refractivity contribution < 1.29 is 18.9 Å². The van der Waals surface area contributed by atoms with E-state index in [9.17, 15) is 0 Å². The fourth-order valence-corrected chi connectivity index (χ4v) is 2.72. The van der Waals surface area contributed by atoms with Crippen LogP contribution >= 0.6 is 12.2 Å². The van der Waals surface area contributed by atoms with E-state index in [-0.39, 0.29) is 5.41 Å². The topological polar surface area (TPSA) is 62.9 Å². The average molecular weight is 390 g/mol. The molecule has 2 rings (SSSR count). The second-order valence-electron chi connectivity index (χ2n) is 7.04. The van der Waals surface area contributed by atoms with Crippen LogP contribution in [-0.4, -0.2) is 32.4 Å². The molecular weight excluding hydrogens is 362 g/mol. The van der Waals surface area contributed by atoms with Crippen molar-refractivity contribution in [2.24, 2.45) is 5.73 Å². The monoisotopic (exact) mass is 389 g/mol. The SMILES string of the molecule is COc1ccc(OCCOc2cc(C(N)=S)ccc2OC)c(C(C)(C)C)c1. The largest absolute Gasteiger partial charge is 0.497 e. The summed E-state index contributed by atoms with van der Waals surface area (Å²) < 4.78 is 22.4. The van der Waals surface area contributed by atoms with Crippen molar-refractivity contribution in [2.75, 3.05) is 27.4 Å². The maximum atomic E-state index is 5.96. The number of hydrogen-bond acceptors (Lipinski definition) is 5. The number of thiocarbonyl (C=S) groups is 1. The first kappa shape index (κ1) is 20.8. The number of ether oxygens (including phenoxy) is 4. The predicted molar refractivity (Wildman–Crippen MR) is 112 cm³/mol. The second kappa shape index (κ2) is 8.95. The molecule has 0 aliphatic carbocycles. The Balaban J connectivity index is 2.05. The number of hydrogen-bond donors (Lipinski definition) is 1. The lowest BCUT2D eigenvalue weighted by atomic mass is 9.86. The molecule has 0 spiro atoms. The Morgan fingerprint density at radius 1 is 0.889 bits per heavy atom. The molecule has 146 valence electrons. The van der Waals surface area contributed by atoms with Crippen LogP contribution in [0.2, 0.25) is 0 Å². The van der Waals surface area contributed by atoms with Gasteiger partial charge < -0.3 is 24.7 Å². The quantitative estimate of drug-likeness (QED) is 0.542. The van der Waals surface area contributed by atoms with E-state index in [0.29, 0.717) is 29.7 Å². The van der Waals surface area contributed by atoms with Gasteiger partial charge in [-0.25, -0.2) is 0 Å². The van der Waals surface area contributed by atoms with Crippen molar-refractivity contribution in [2.45, 2.75) is 26.2 Å². The van der Waals surface area contributed by atoms with Crippen LogP contribution in [0.25, 0.3) is 0 Å². The van der Waals surface area contributed by atoms with E-state index >= 15 is 0 Å². The Bertz CT molecular complexity index is 799. The standard InChI is InChI=1S/C21H27NO4S/c1-21(2,3)16-13-15(23-4)7-9-17(16)25-10-11-26-19-12-14(20(22)27)6-8-18(19)24-5/h6-9,12-13H,10-11H2,1-5H3,(H2,22,27). The minimum absolute atomic E-state index is 0.0703. The molecule has 2 aromatic carbocycles. The summed E-state index contributed by atoms with van der Waals surface area (Å²) in [6, 6.07) is 11.2. The van der Waals surface area contributed by atoms with Crippen molar-refractivity contribution in [1.82, 2.24) is 0 Å². The van der Waals surface area contributed by atoms with Gasteiger partial charge in [0, 0.05) is 11.1 Å². The zero-order valence-electron chi connectivity index (χ0n) is 16.5. The first-order valence-corrected chi connectivity index (χ1v) is 9.09. The molecule has 0 unspecified atom stereocenters. The van der Waals surface area contributed by atoms with Crippen molar-refractivity contribution in [3.8, 4) is 23.0 Å². The van der Waals surface area contributed by atoms with Gasteiger partial charge in [-0.15, -0.1) is 0 Å². The fraction of sp³-hybridized carbons (Fsp3) is 0.381. The summed E-state index contributed by atoms with van der Waals surface area (Å²) in [5.41, 5.74) is 7.42. The number of benzene rings is 2. The molecule has 0 aliphatic heterocycles. The lowest BCUT2D eigenvalue weighted by molar-refractivity contribution is 0.208. The van der Waals surface area contributed by atoms with Crippen molar-refractivity contribution in [1.29, 1.82) is 0 Å². The van der Waals surface area contributed by atoms with Crippen LogP contribution in [0.3, 0.4) is 0 Å². The van der Waals surface area contributed by atoms with Gasteiger partial charge in [0.1, 0.15) is 29.7 Å². The van der Waals surface area contributed by atoms with E-state index in [0.717, 1.165) is 22.6 Å². The van der Waals surface area contributed by atoms with Gasteiger partial charge in [-0.1, -0.05) is 33.0 Å². The van der Waals surface area contributed by atoms with Gasteiger partial charge in [-0.2, -0.15) is 0 Å². The molecule has 0 radical (unpaired) electrons. The van der Waals surface area contributed by atoms with Crippen LogP contribution in [0.15, 0.2) is 36.4 Å². The third-order valence-electron chi connectivity index (χ3n) is 4.04. The van der Waals surface area contributed by atoms with Gasteiger partial charge >= 0.3 is 0 Å². The summed E-state index contributed by atoms with van der Waals surface area (Å²) in [4.78, 5) is 0.312. The molecule has 0 heterocycles. The average Bonchev–Trinajstić information content (AvgIpc) is 2.64. The highest BCUT2D eigenvalue weighted by Crippen LogP contribution is 2.34. The maximum Gasteiger partial charge on any atom is 0.162 e. The van der Waals surface area contributed by atoms with Crippen LogP contribution in [0.1, 0.15) is 31.9 Å². The van der Waals surface area contributed by atoms with Crippen LogP contribution in [-0.2, 0) is 5.41 Å². The van der Waals surface area contributed by atoms with Gasteiger partial charge in [0.2, 0.25) is 0 Å². The Hall–Kier alpha value is -2.47. The fourth-order valence-electron chi connectivity index (χ4n) is 2.59. The molecule has 0 atom stereocenters. The normalized spacial score (nSPS) is 11.0. The highest BCUT2D eigenvalue weighted by molar-refractivity contribution is 7.80. The van der Waals surface area contributed by atoms with Crippen LogP contribution < -0.4 is 24.7 Å². The first-order chi connectivity index (χ1) is 12.8. The van der Waals surface area contributed by atoms with Crippen molar-refractivity contribution in [3.05, 3.63) is 47.5 Å². The number of nitrogens with two attached hydrogens (primary N) is 1. The van der Waals surface area contributed by atoms with E-state index in [4.69, 9.17) is 36.9 Å². The second-order valence-corrected chi connectivity index (χ2v) is 7.48. The molecule has 0 fully saturated rings. The van der Waals surface area contributed by atoms with Gasteiger partial charge in [-0.3, -0.25) is 0 Å². The number of rotatable bonds is 8. The maximum absolute atomic E-state index is 5.96. The summed E-state index contributed by atoms with van der Waals surface area (Å²) in [7, 11) is 3.25. The summed E-state index contributed by atoms with van der Waals surface area (Å²) in [6.07, 6.45) is 0. The number of methoxy groups -OCH3 is 2. The van der Waals surface area contributed by atoms with Crippen LogP contribution in [0.5, 0.6) is 23.0 Å². The molecule has 0 aliphatic rings. The van der Waals surface area contributed by atoms with Gasteiger partial charge in [0.25, 0.3) is 0 Å².